The van der Waals surface area contributed by atoms with Crippen molar-refractivity contribution in [3.05, 3.63) is 41.4 Å². The van der Waals surface area contributed by atoms with Gasteiger partial charge in [-0.15, -0.1) is 5.10 Å². The number of aromatic nitrogens is 4. The molecule has 0 atom stereocenters. The van der Waals surface area contributed by atoms with Crippen molar-refractivity contribution < 1.29 is 4.79 Å². The van der Waals surface area contributed by atoms with Crippen molar-refractivity contribution in [1.29, 1.82) is 0 Å². The summed E-state index contributed by atoms with van der Waals surface area (Å²) in [5.41, 5.74) is 0.489. The standard InChI is InChI=1S/C10H10ClN5O/c11-9-7-8(1-2-12-9)10(17)13-3-5-16-6-4-14-15-16/h1-2,4,6-7H,3,5H2,(H,13,17). The van der Waals surface area contributed by atoms with E-state index in [1.54, 1.807) is 23.1 Å². The van der Waals surface area contributed by atoms with Gasteiger partial charge in [0.15, 0.2) is 0 Å². The van der Waals surface area contributed by atoms with E-state index in [1.807, 2.05) is 0 Å². The molecule has 0 fully saturated rings. The van der Waals surface area contributed by atoms with Crippen molar-refractivity contribution in [2.75, 3.05) is 6.54 Å². The van der Waals surface area contributed by atoms with E-state index in [1.165, 1.54) is 12.3 Å². The van der Waals surface area contributed by atoms with Crippen LogP contribution in [-0.4, -0.2) is 32.4 Å². The fraction of sp³-hybridized carbons (Fsp3) is 0.200. The summed E-state index contributed by atoms with van der Waals surface area (Å²) in [5.74, 6) is -0.186. The van der Waals surface area contributed by atoms with Crippen molar-refractivity contribution in [2.24, 2.45) is 0 Å². The smallest absolute Gasteiger partial charge is 0.251 e. The second-order valence-electron chi connectivity index (χ2n) is 3.29. The van der Waals surface area contributed by atoms with Gasteiger partial charge in [-0.05, 0) is 12.1 Å². The monoisotopic (exact) mass is 251 g/mol. The first-order valence-corrected chi connectivity index (χ1v) is 5.37. The number of hydrogen-bond donors (Lipinski definition) is 1. The highest BCUT2D eigenvalue weighted by Crippen LogP contribution is 2.06. The van der Waals surface area contributed by atoms with Crippen LogP contribution in [0.3, 0.4) is 0 Å². The Hall–Kier alpha value is -1.95. The molecule has 2 heterocycles. The molecule has 0 aliphatic heterocycles. The maximum absolute atomic E-state index is 11.7. The number of nitrogens with one attached hydrogen (secondary N) is 1. The summed E-state index contributed by atoms with van der Waals surface area (Å²) < 4.78 is 1.64. The quantitative estimate of drug-likeness (QED) is 0.814. The van der Waals surface area contributed by atoms with Gasteiger partial charge in [0.1, 0.15) is 5.15 Å². The Morgan fingerprint density at radius 3 is 3.06 bits per heavy atom. The van der Waals surface area contributed by atoms with E-state index in [0.29, 0.717) is 23.8 Å². The molecule has 1 N–H and O–H groups in total. The summed E-state index contributed by atoms with van der Waals surface area (Å²) in [7, 11) is 0. The lowest BCUT2D eigenvalue weighted by atomic mass is 10.2. The third-order valence-electron chi connectivity index (χ3n) is 2.09. The van der Waals surface area contributed by atoms with Crippen LogP contribution in [0, 0.1) is 0 Å². The summed E-state index contributed by atoms with van der Waals surface area (Å²) in [4.78, 5) is 15.5. The van der Waals surface area contributed by atoms with Gasteiger partial charge >= 0.3 is 0 Å². The number of pyridine rings is 1. The lowest BCUT2D eigenvalue weighted by Crippen LogP contribution is -2.27. The third-order valence-corrected chi connectivity index (χ3v) is 2.29. The summed E-state index contributed by atoms with van der Waals surface area (Å²) in [6.07, 6.45) is 4.81. The average molecular weight is 252 g/mol. The summed E-state index contributed by atoms with van der Waals surface area (Å²) >= 11 is 5.69. The molecule has 0 spiro atoms. The zero-order valence-electron chi connectivity index (χ0n) is 8.88. The zero-order valence-corrected chi connectivity index (χ0v) is 9.63. The molecule has 17 heavy (non-hydrogen) atoms. The number of nitrogens with zero attached hydrogens (tertiary/aromatic N) is 4. The van der Waals surface area contributed by atoms with Crippen LogP contribution >= 0.6 is 11.6 Å². The number of halogens is 1. The molecule has 0 aliphatic carbocycles. The summed E-state index contributed by atoms with van der Waals surface area (Å²) in [6, 6.07) is 3.13. The van der Waals surface area contributed by atoms with Gasteiger partial charge in [0.05, 0.1) is 12.7 Å². The minimum absolute atomic E-state index is 0.186. The second kappa shape index (κ2) is 5.40. The van der Waals surface area contributed by atoms with E-state index in [4.69, 9.17) is 11.6 Å². The van der Waals surface area contributed by atoms with Crippen molar-refractivity contribution in [3.63, 3.8) is 0 Å². The van der Waals surface area contributed by atoms with Crippen molar-refractivity contribution in [1.82, 2.24) is 25.3 Å². The van der Waals surface area contributed by atoms with Gasteiger partial charge in [-0.2, -0.15) is 0 Å². The van der Waals surface area contributed by atoms with Gasteiger partial charge in [-0.1, -0.05) is 16.8 Å². The van der Waals surface area contributed by atoms with Crippen LogP contribution in [0.4, 0.5) is 0 Å². The predicted octanol–water partition coefficient (Wildman–Crippen LogP) is 0.756. The molecule has 0 radical (unpaired) electrons. The molecular formula is C10H10ClN5O. The van der Waals surface area contributed by atoms with E-state index in [2.05, 4.69) is 20.6 Å². The molecule has 6 nitrogen and oxygen atoms in total. The van der Waals surface area contributed by atoms with Crippen LogP contribution in [-0.2, 0) is 6.54 Å². The van der Waals surface area contributed by atoms with E-state index in [9.17, 15) is 4.79 Å². The normalized spacial score (nSPS) is 10.2. The Balaban J connectivity index is 1.85. The lowest BCUT2D eigenvalue weighted by molar-refractivity contribution is 0.0951. The highest BCUT2D eigenvalue weighted by Gasteiger charge is 2.05. The third kappa shape index (κ3) is 3.25. The lowest BCUT2D eigenvalue weighted by Gasteiger charge is -2.04. The fourth-order valence-electron chi connectivity index (χ4n) is 1.28. The fourth-order valence-corrected chi connectivity index (χ4v) is 1.46. The van der Waals surface area contributed by atoms with Crippen molar-refractivity contribution >= 4 is 17.5 Å². The van der Waals surface area contributed by atoms with E-state index in [-0.39, 0.29) is 5.91 Å². The Bertz CT molecular complexity index is 499. The molecule has 0 saturated carbocycles. The molecule has 7 heteroatoms. The van der Waals surface area contributed by atoms with E-state index < -0.39 is 0 Å². The molecule has 0 bridgehead atoms. The Morgan fingerprint density at radius 1 is 1.47 bits per heavy atom. The number of amides is 1. The first-order valence-electron chi connectivity index (χ1n) is 4.99. The van der Waals surface area contributed by atoms with Gasteiger partial charge in [0.25, 0.3) is 5.91 Å². The van der Waals surface area contributed by atoms with E-state index in [0.717, 1.165) is 0 Å². The van der Waals surface area contributed by atoms with Crippen LogP contribution < -0.4 is 5.32 Å². The highest BCUT2D eigenvalue weighted by atomic mass is 35.5. The van der Waals surface area contributed by atoms with Crippen LogP contribution in [0.5, 0.6) is 0 Å². The summed E-state index contributed by atoms with van der Waals surface area (Å²) in [5, 5.41) is 10.5. The van der Waals surface area contributed by atoms with Crippen LogP contribution in [0.2, 0.25) is 5.15 Å². The average Bonchev–Trinajstić information content (AvgIpc) is 2.82. The largest absolute Gasteiger partial charge is 0.350 e. The first-order chi connectivity index (χ1) is 8.25. The minimum atomic E-state index is -0.186. The van der Waals surface area contributed by atoms with Gasteiger partial charge in [-0.25, -0.2) is 4.98 Å². The van der Waals surface area contributed by atoms with E-state index >= 15 is 0 Å². The molecule has 1 amide bonds. The van der Waals surface area contributed by atoms with Crippen molar-refractivity contribution in [2.45, 2.75) is 6.54 Å². The summed E-state index contributed by atoms with van der Waals surface area (Å²) in [6.45, 7) is 1.05. The molecule has 0 saturated heterocycles. The topological polar surface area (TPSA) is 72.7 Å². The molecule has 2 aromatic rings. The molecular weight excluding hydrogens is 242 g/mol. The molecule has 0 aliphatic rings. The SMILES string of the molecule is O=C(NCCn1ccnn1)c1ccnc(Cl)c1. The Kier molecular flexibility index (Phi) is 3.66. The van der Waals surface area contributed by atoms with Crippen molar-refractivity contribution in [3.8, 4) is 0 Å². The van der Waals surface area contributed by atoms with Gasteiger partial charge in [0.2, 0.25) is 0 Å². The number of carbonyl (C=O) groups excluding carboxylic acids is 1. The number of rotatable bonds is 4. The molecule has 2 rings (SSSR count). The maximum atomic E-state index is 11.7. The molecule has 0 aromatic carbocycles. The molecule has 88 valence electrons. The number of hydrogen-bond acceptors (Lipinski definition) is 4. The molecule has 2 aromatic heterocycles. The number of carbonyl (C=O) groups is 1. The molecule has 0 unspecified atom stereocenters. The van der Waals surface area contributed by atoms with Gasteiger partial charge in [0, 0.05) is 24.5 Å². The Labute approximate surface area is 103 Å². The van der Waals surface area contributed by atoms with Gasteiger partial charge in [-0.3, -0.25) is 9.48 Å². The first kappa shape index (κ1) is 11.5. The highest BCUT2D eigenvalue weighted by molar-refractivity contribution is 6.29. The predicted molar refractivity (Wildman–Crippen MR) is 61.6 cm³/mol. The van der Waals surface area contributed by atoms with Crippen LogP contribution in [0.15, 0.2) is 30.7 Å². The van der Waals surface area contributed by atoms with Crippen LogP contribution in [0.1, 0.15) is 10.4 Å². The second-order valence-corrected chi connectivity index (χ2v) is 3.68. The Morgan fingerprint density at radius 2 is 2.35 bits per heavy atom. The van der Waals surface area contributed by atoms with Crippen LogP contribution in [0.25, 0.3) is 0 Å². The zero-order chi connectivity index (χ0) is 12.1. The van der Waals surface area contributed by atoms with Gasteiger partial charge < -0.3 is 5.32 Å². The maximum Gasteiger partial charge on any atom is 0.251 e. The minimum Gasteiger partial charge on any atom is -0.350 e.